The average Bonchev–Trinajstić information content (AvgIpc) is 2.55. The van der Waals surface area contributed by atoms with Crippen LogP contribution in [0.2, 0.25) is 0 Å². The molecule has 1 N–H and O–H groups in total. The van der Waals surface area contributed by atoms with Crippen molar-refractivity contribution >= 4 is 0 Å². The average molecular weight is 286 g/mol. The van der Waals surface area contributed by atoms with Gasteiger partial charge in [0.25, 0.3) is 0 Å². The van der Waals surface area contributed by atoms with Gasteiger partial charge in [-0.2, -0.15) is 0 Å². The molecule has 1 saturated heterocycles. The lowest BCUT2D eigenvalue weighted by molar-refractivity contribution is 0.0424. The Balaban J connectivity index is 2.26. The van der Waals surface area contributed by atoms with Crippen molar-refractivity contribution in [2.75, 3.05) is 13.1 Å². The van der Waals surface area contributed by atoms with E-state index in [9.17, 15) is 0 Å². The zero-order valence-electron chi connectivity index (χ0n) is 13.8. The standard InChI is InChI=1S/C19H30N2/c1-5-11-16(4)21-15-19(6-2,7-3)20-14-18(21)17-12-9-8-10-13-17/h5,8-10,12-13,16,18,20H,1,6-7,11,14-15H2,2-4H3. The van der Waals surface area contributed by atoms with Crippen molar-refractivity contribution in [3.05, 3.63) is 48.6 Å². The van der Waals surface area contributed by atoms with Crippen LogP contribution in [-0.2, 0) is 0 Å². The highest BCUT2D eigenvalue weighted by Gasteiger charge is 2.38. The fraction of sp³-hybridized carbons (Fsp3) is 0.579. The number of nitrogens with one attached hydrogen (secondary N) is 1. The molecular weight excluding hydrogens is 256 g/mol. The van der Waals surface area contributed by atoms with Crippen LogP contribution < -0.4 is 5.32 Å². The van der Waals surface area contributed by atoms with Gasteiger partial charge < -0.3 is 5.32 Å². The molecule has 2 rings (SSSR count). The third-order valence-corrected chi connectivity index (χ3v) is 5.17. The molecule has 1 fully saturated rings. The summed E-state index contributed by atoms with van der Waals surface area (Å²) in [5.41, 5.74) is 1.68. The van der Waals surface area contributed by atoms with E-state index in [-0.39, 0.29) is 5.54 Å². The van der Waals surface area contributed by atoms with E-state index in [1.807, 2.05) is 6.08 Å². The number of hydrogen-bond donors (Lipinski definition) is 1. The van der Waals surface area contributed by atoms with Crippen LogP contribution in [0.4, 0.5) is 0 Å². The largest absolute Gasteiger partial charge is 0.308 e. The van der Waals surface area contributed by atoms with E-state index in [0.717, 1.165) is 19.5 Å². The molecule has 2 heteroatoms. The lowest BCUT2D eigenvalue weighted by Crippen LogP contribution is -2.62. The molecule has 1 aliphatic rings. The molecule has 21 heavy (non-hydrogen) atoms. The molecule has 116 valence electrons. The second kappa shape index (κ2) is 7.24. The van der Waals surface area contributed by atoms with Crippen molar-refractivity contribution in [2.24, 2.45) is 0 Å². The molecule has 0 saturated carbocycles. The van der Waals surface area contributed by atoms with E-state index < -0.39 is 0 Å². The topological polar surface area (TPSA) is 15.3 Å². The minimum atomic E-state index is 0.265. The summed E-state index contributed by atoms with van der Waals surface area (Å²) in [6.45, 7) is 13.0. The van der Waals surface area contributed by atoms with Crippen molar-refractivity contribution in [1.29, 1.82) is 0 Å². The minimum absolute atomic E-state index is 0.265. The van der Waals surface area contributed by atoms with Crippen LogP contribution in [0.5, 0.6) is 0 Å². The normalized spacial score (nSPS) is 23.7. The van der Waals surface area contributed by atoms with Crippen LogP contribution >= 0.6 is 0 Å². The summed E-state index contributed by atoms with van der Waals surface area (Å²) in [4.78, 5) is 2.68. The molecule has 0 aliphatic carbocycles. The SMILES string of the molecule is C=CCC(C)N1CC(CC)(CC)NCC1c1ccccc1. The fourth-order valence-corrected chi connectivity index (χ4v) is 3.49. The van der Waals surface area contributed by atoms with Crippen LogP contribution in [0, 0.1) is 0 Å². The molecule has 2 atom stereocenters. The second-order valence-corrected chi connectivity index (χ2v) is 6.34. The fourth-order valence-electron chi connectivity index (χ4n) is 3.49. The number of nitrogens with zero attached hydrogens (tertiary/aromatic N) is 1. The molecule has 1 aromatic carbocycles. The smallest absolute Gasteiger partial charge is 0.0476 e. The zero-order chi connectivity index (χ0) is 15.3. The van der Waals surface area contributed by atoms with Gasteiger partial charge in [0, 0.05) is 30.7 Å². The summed E-state index contributed by atoms with van der Waals surface area (Å²) in [5, 5.41) is 3.84. The maximum absolute atomic E-state index is 3.93. The Morgan fingerprint density at radius 2 is 2.00 bits per heavy atom. The molecule has 0 aromatic heterocycles. The van der Waals surface area contributed by atoms with Gasteiger partial charge in [-0.25, -0.2) is 0 Å². The van der Waals surface area contributed by atoms with Gasteiger partial charge in [-0.05, 0) is 31.7 Å². The van der Waals surface area contributed by atoms with Gasteiger partial charge in [-0.3, -0.25) is 4.90 Å². The Labute approximate surface area is 130 Å². The van der Waals surface area contributed by atoms with E-state index in [1.54, 1.807) is 0 Å². The maximum atomic E-state index is 3.93. The lowest BCUT2D eigenvalue weighted by Gasteiger charge is -2.50. The first kappa shape index (κ1) is 16.3. The van der Waals surface area contributed by atoms with Gasteiger partial charge in [0.15, 0.2) is 0 Å². The molecule has 0 amide bonds. The third-order valence-electron chi connectivity index (χ3n) is 5.17. The molecule has 1 aliphatic heterocycles. The van der Waals surface area contributed by atoms with Gasteiger partial charge in [0.1, 0.15) is 0 Å². The van der Waals surface area contributed by atoms with Crippen molar-refractivity contribution in [1.82, 2.24) is 10.2 Å². The highest BCUT2D eigenvalue weighted by molar-refractivity contribution is 5.21. The van der Waals surface area contributed by atoms with Crippen LogP contribution in [0.1, 0.15) is 51.6 Å². The Morgan fingerprint density at radius 3 is 2.57 bits per heavy atom. The molecule has 0 radical (unpaired) electrons. The highest BCUT2D eigenvalue weighted by Crippen LogP contribution is 2.32. The van der Waals surface area contributed by atoms with Gasteiger partial charge >= 0.3 is 0 Å². The van der Waals surface area contributed by atoms with Crippen LogP contribution in [0.25, 0.3) is 0 Å². The summed E-state index contributed by atoms with van der Waals surface area (Å²) in [6, 6.07) is 11.9. The lowest BCUT2D eigenvalue weighted by atomic mass is 9.86. The minimum Gasteiger partial charge on any atom is -0.308 e. The summed E-state index contributed by atoms with van der Waals surface area (Å²) in [7, 11) is 0. The highest BCUT2D eigenvalue weighted by atomic mass is 15.3. The van der Waals surface area contributed by atoms with E-state index in [4.69, 9.17) is 0 Å². The Morgan fingerprint density at radius 1 is 1.33 bits per heavy atom. The Kier molecular flexibility index (Phi) is 5.60. The van der Waals surface area contributed by atoms with E-state index in [2.05, 4.69) is 67.9 Å². The van der Waals surface area contributed by atoms with Crippen LogP contribution in [0.3, 0.4) is 0 Å². The summed E-state index contributed by atoms with van der Waals surface area (Å²) in [6.07, 6.45) is 5.46. The van der Waals surface area contributed by atoms with Crippen molar-refractivity contribution < 1.29 is 0 Å². The first-order valence-electron chi connectivity index (χ1n) is 8.32. The first-order valence-corrected chi connectivity index (χ1v) is 8.32. The first-order chi connectivity index (χ1) is 10.2. The van der Waals surface area contributed by atoms with Gasteiger partial charge in [0.05, 0.1) is 0 Å². The number of piperazine rings is 1. The van der Waals surface area contributed by atoms with E-state index in [0.29, 0.717) is 12.1 Å². The predicted octanol–water partition coefficient (Wildman–Crippen LogP) is 4.16. The van der Waals surface area contributed by atoms with Gasteiger partial charge in [-0.1, -0.05) is 50.3 Å². The van der Waals surface area contributed by atoms with E-state index in [1.165, 1.54) is 18.4 Å². The Bertz CT molecular complexity index is 436. The summed E-state index contributed by atoms with van der Waals surface area (Å²) in [5.74, 6) is 0. The summed E-state index contributed by atoms with van der Waals surface area (Å²) >= 11 is 0. The molecule has 0 spiro atoms. The van der Waals surface area contributed by atoms with Crippen molar-refractivity contribution in [3.63, 3.8) is 0 Å². The molecule has 1 heterocycles. The maximum Gasteiger partial charge on any atom is 0.0476 e. The molecule has 2 unspecified atom stereocenters. The summed E-state index contributed by atoms with van der Waals surface area (Å²) < 4.78 is 0. The molecule has 1 aromatic rings. The van der Waals surface area contributed by atoms with Crippen molar-refractivity contribution in [3.8, 4) is 0 Å². The number of hydrogen-bond acceptors (Lipinski definition) is 2. The number of rotatable bonds is 6. The number of benzene rings is 1. The molecule has 0 bridgehead atoms. The monoisotopic (exact) mass is 286 g/mol. The quantitative estimate of drug-likeness (QED) is 0.790. The van der Waals surface area contributed by atoms with Crippen molar-refractivity contribution in [2.45, 2.75) is 57.7 Å². The van der Waals surface area contributed by atoms with Gasteiger partial charge in [0.2, 0.25) is 0 Å². The third kappa shape index (κ3) is 3.56. The molecule has 2 nitrogen and oxygen atoms in total. The zero-order valence-corrected chi connectivity index (χ0v) is 13.8. The molecular formula is C19H30N2. The predicted molar refractivity (Wildman–Crippen MR) is 91.5 cm³/mol. The second-order valence-electron chi connectivity index (χ2n) is 6.34. The van der Waals surface area contributed by atoms with E-state index >= 15 is 0 Å². The Hall–Kier alpha value is -1.12. The van der Waals surface area contributed by atoms with Crippen LogP contribution in [-0.4, -0.2) is 29.6 Å². The van der Waals surface area contributed by atoms with Crippen LogP contribution in [0.15, 0.2) is 43.0 Å². The van der Waals surface area contributed by atoms with Gasteiger partial charge in [-0.15, -0.1) is 6.58 Å².